The Kier molecular flexibility index (Phi) is 3.67. The van der Waals surface area contributed by atoms with E-state index in [0.717, 1.165) is 18.2 Å². The van der Waals surface area contributed by atoms with Gasteiger partial charge in [0.1, 0.15) is 0 Å². The number of amides is 2. The number of nitrogens with one attached hydrogen (secondary N) is 1. The highest BCUT2D eigenvalue weighted by molar-refractivity contribution is 5.73. The van der Waals surface area contributed by atoms with Gasteiger partial charge in [0.25, 0.3) is 0 Å². The summed E-state index contributed by atoms with van der Waals surface area (Å²) in [5.41, 5.74) is 0.799. The van der Waals surface area contributed by atoms with Crippen LogP contribution in [0.5, 0.6) is 0 Å². The molecule has 0 saturated heterocycles. The van der Waals surface area contributed by atoms with E-state index in [1.165, 1.54) is 12.8 Å². The molecule has 2 amide bonds. The van der Waals surface area contributed by atoms with Gasteiger partial charge in [-0.1, -0.05) is 12.2 Å². The molecule has 0 aliphatic heterocycles. The van der Waals surface area contributed by atoms with Crippen molar-refractivity contribution in [2.45, 2.75) is 19.4 Å². The van der Waals surface area contributed by atoms with E-state index in [1.54, 1.807) is 30.5 Å². The standard InChI is InChI=1S/C15H20N4O/c1-19(10-14-9-16-4-5-17-14)15(20)18-8-13-7-11-2-3-12(13)6-11/h2-5,9,11-13H,6-8,10H2,1H3,(H,18,20)/t11-,12+,13+/m1/s1. The molecule has 3 atom stereocenters. The Bertz CT molecular complexity index is 502. The predicted octanol–water partition coefficient (Wildman–Crippen LogP) is 1.83. The highest BCUT2D eigenvalue weighted by atomic mass is 16.2. The second kappa shape index (κ2) is 5.61. The number of rotatable bonds is 4. The summed E-state index contributed by atoms with van der Waals surface area (Å²) in [6.45, 7) is 1.26. The van der Waals surface area contributed by atoms with E-state index in [1.807, 2.05) is 0 Å². The van der Waals surface area contributed by atoms with E-state index < -0.39 is 0 Å². The maximum absolute atomic E-state index is 12.1. The fourth-order valence-electron chi connectivity index (χ4n) is 3.21. The first kappa shape index (κ1) is 13.1. The van der Waals surface area contributed by atoms with Crippen molar-refractivity contribution in [2.75, 3.05) is 13.6 Å². The van der Waals surface area contributed by atoms with Gasteiger partial charge in [0, 0.05) is 26.0 Å². The summed E-state index contributed by atoms with van der Waals surface area (Å²) >= 11 is 0. The monoisotopic (exact) mass is 272 g/mol. The zero-order chi connectivity index (χ0) is 13.9. The number of nitrogens with zero attached hydrogens (tertiary/aromatic N) is 3. The number of carbonyl (C=O) groups excluding carboxylic acids is 1. The normalized spacial score (nSPS) is 26.8. The maximum atomic E-state index is 12.1. The van der Waals surface area contributed by atoms with Crippen molar-refractivity contribution in [1.82, 2.24) is 20.2 Å². The molecule has 0 radical (unpaired) electrons. The van der Waals surface area contributed by atoms with Crippen molar-refractivity contribution in [3.8, 4) is 0 Å². The molecule has 1 aromatic rings. The minimum Gasteiger partial charge on any atom is -0.338 e. The maximum Gasteiger partial charge on any atom is 0.317 e. The lowest BCUT2D eigenvalue weighted by Crippen LogP contribution is -2.40. The molecule has 2 bridgehead atoms. The minimum absolute atomic E-state index is 0.0394. The van der Waals surface area contributed by atoms with Crippen molar-refractivity contribution < 1.29 is 4.79 Å². The SMILES string of the molecule is CN(Cc1cnccn1)C(=O)NC[C@@H]1C[C@@H]2C=C[C@H]1C2. The Balaban J connectivity index is 1.46. The predicted molar refractivity (Wildman–Crippen MR) is 75.7 cm³/mol. The molecule has 1 heterocycles. The van der Waals surface area contributed by atoms with Gasteiger partial charge in [-0.15, -0.1) is 0 Å². The number of urea groups is 1. The molecule has 2 aliphatic carbocycles. The smallest absolute Gasteiger partial charge is 0.317 e. The molecule has 0 aromatic carbocycles. The summed E-state index contributed by atoms with van der Waals surface area (Å²) in [5, 5.41) is 3.03. The number of aromatic nitrogens is 2. The van der Waals surface area contributed by atoms with Crippen LogP contribution in [0.25, 0.3) is 0 Å². The van der Waals surface area contributed by atoms with Gasteiger partial charge in [0.05, 0.1) is 18.4 Å². The highest BCUT2D eigenvalue weighted by Gasteiger charge is 2.35. The van der Waals surface area contributed by atoms with Crippen LogP contribution in [-0.2, 0) is 6.54 Å². The third-order valence-corrected chi connectivity index (χ3v) is 4.29. The zero-order valence-electron chi connectivity index (χ0n) is 11.7. The highest BCUT2D eigenvalue weighted by Crippen LogP contribution is 2.42. The Morgan fingerprint density at radius 3 is 2.95 bits per heavy atom. The van der Waals surface area contributed by atoms with Crippen LogP contribution in [0.15, 0.2) is 30.7 Å². The molecule has 5 nitrogen and oxygen atoms in total. The van der Waals surface area contributed by atoms with Gasteiger partial charge >= 0.3 is 6.03 Å². The lowest BCUT2D eigenvalue weighted by Gasteiger charge is -2.22. The minimum atomic E-state index is -0.0394. The lowest BCUT2D eigenvalue weighted by atomic mass is 9.94. The van der Waals surface area contributed by atoms with Crippen LogP contribution in [0.2, 0.25) is 0 Å². The van der Waals surface area contributed by atoms with Crippen LogP contribution in [-0.4, -0.2) is 34.5 Å². The molecule has 5 heteroatoms. The average molecular weight is 272 g/mol. The summed E-state index contributed by atoms with van der Waals surface area (Å²) in [6, 6.07) is -0.0394. The Hall–Kier alpha value is -1.91. The van der Waals surface area contributed by atoms with Gasteiger partial charge in [-0.3, -0.25) is 9.97 Å². The largest absolute Gasteiger partial charge is 0.338 e. The second-order valence-corrected chi connectivity index (χ2v) is 5.78. The van der Waals surface area contributed by atoms with Crippen molar-refractivity contribution in [3.63, 3.8) is 0 Å². The summed E-state index contributed by atoms with van der Waals surface area (Å²) in [7, 11) is 1.78. The molecule has 2 aliphatic rings. The summed E-state index contributed by atoms with van der Waals surface area (Å²) in [5.74, 6) is 2.03. The topological polar surface area (TPSA) is 58.1 Å². The number of hydrogen-bond donors (Lipinski definition) is 1. The van der Waals surface area contributed by atoms with Crippen LogP contribution in [0.4, 0.5) is 4.79 Å². The summed E-state index contributed by atoms with van der Waals surface area (Å²) in [6.07, 6.45) is 12.1. The number of fused-ring (bicyclic) bond motifs is 2. The summed E-state index contributed by atoms with van der Waals surface area (Å²) < 4.78 is 0. The summed E-state index contributed by atoms with van der Waals surface area (Å²) in [4.78, 5) is 21.9. The van der Waals surface area contributed by atoms with Gasteiger partial charge in [0.15, 0.2) is 0 Å². The third-order valence-electron chi connectivity index (χ3n) is 4.29. The van der Waals surface area contributed by atoms with E-state index in [0.29, 0.717) is 18.4 Å². The molecule has 20 heavy (non-hydrogen) atoms. The average Bonchev–Trinajstić information content (AvgIpc) is 3.08. The zero-order valence-corrected chi connectivity index (χ0v) is 11.7. The second-order valence-electron chi connectivity index (χ2n) is 5.78. The molecule has 0 spiro atoms. The van der Waals surface area contributed by atoms with Crippen LogP contribution >= 0.6 is 0 Å². The first-order valence-electron chi connectivity index (χ1n) is 7.14. The van der Waals surface area contributed by atoms with Crippen LogP contribution in [0.3, 0.4) is 0 Å². The molecule has 1 aromatic heterocycles. The van der Waals surface area contributed by atoms with Gasteiger partial charge < -0.3 is 10.2 Å². The molecule has 3 rings (SSSR count). The Morgan fingerprint density at radius 2 is 2.30 bits per heavy atom. The van der Waals surface area contributed by atoms with Crippen LogP contribution in [0.1, 0.15) is 18.5 Å². The molecule has 1 fully saturated rings. The van der Waals surface area contributed by atoms with E-state index in [9.17, 15) is 4.79 Å². The van der Waals surface area contributed by atoms with E-state index in [2.05, 4.69) is 27.4 Å². The molecule has 106 valence electrons. The molecule has 0 unspecified atom stereocenters. The molecule has 1 saturated carbocycles. The first-order valence-corrected chi connectivity index (χ1v) is 7.14. The van der Waals surface area contributed by atoms with Crippen molar-refractivity contribution >= 4 is 6.03 Å². The molecular weight excluding hydrogens is 252 g/mol. The quantitative estimate of drug-likeness (QED) is 0.851. The number of hydrogen-bond acceptors (Lipinski definition) is 3. The Labute approximate surface area is 119 Å². The van der Waals surface area contributed by atoms with Gasteiger partial charge in [0.2, 0.25) is 0 Å². The van der Waals surface area contributed by atoms with Gasteiger partial charge in [-0.05, 0) is 30.6 Å². The van der Waals surface area contributed by atoms with Gasteiger partial charge in [-0.25, -0.2) is 4.79 Å². The Morgan fingerprint density at radius 1 is 1.40 bits per heavy atom. The first-order chi connectivity index (χ1) is 9.72. The van der Waals surface area contributed by atoms with E-state index in [4.69, 9.17) is 0 Å². The van der Waals surface area contributed by atoms with E-state index >= 15 is 0 Å². The number of allylic oxidation sites excluding steroid dienone is 2. The van der Waals surface area contributed by atoms with E-state index in [-0.39, 0.29) is 6.03 Å². The molecular formula is C15H20N4O. The van der Waals surface area contributed by atoms with Crippen molar-refractivity contribution in [2.24, 2.45) is 17.8 Å². The van der Waals surface area contributed by atoms with Crippen molar-refractivity contribution in [3.05, 3.63) is 36.4 Å². The third kappa shape index (κ3) is 2.81. The van der Waals surface area contributed by atoms with Crippen molar-refractivity contribution in [1.29, 1.82) is 0 Å². The number of carbonyl (C=O) groups is 1. The van der Waals surface area contributed by atoms with Crippen LogP contribution < -0.4 is 5.32 Å². The molecule has 1 N–H and O–H groups in total. The van der Waals surface area contributed by atoms with Gasteiger partial charge in [-0.2, -0.15) is 0 Å². The fourth-order valence-corrected chi connectivity index (χ4v) is 3.21. The fraction of sp³-hybridized carbons (Fsp3) is 0.533. The van der Waals surface area contributed by atoms with Crippen LogP contribution in [0, 0.1) is 17.8 Å². The lowest BCUT2D eigenvalue weighted by molar-refractivity contribution is 0.203.